The van der Waals surface area contributed by atoms with Crippen LogP contribution in [0.2, 0.25) is 0 Å². The quantitative estimate of drug-likeness (QED) is 0.603. The number of hydrogen-bond donors (Lipinski definition) is 0. The van der Waals surface area contributed by atoms with Crippen LogP contribution in [-0.4, -0.2) is 19.2 Å². The molecule has 0 atom stereocenters. The van der Waals surface area contributed by atoms with Crippen molar-refractivity contribution >= 4 is 36.9 Å². The molecule has 0 aromatic heterocycles. The minimum absolute atomic E-state index is 0. The van der Waals surface area contributed by atoms with Crippen LogP contribution >= 0.6 is 17.7 Å². The Hall–Kier alpha value is 1.84. The molecule has 0 nitrogen and oxygen atoms in total. The van der Waals surface area contributed by atoms with E-state index in [9.17, 15) is 0 Å². The molecule has 4 heteroatoms. The Morgan fingerprint density at radius 1 is 1.25 bits per heavy atom. The standard InChI is InChI=1S/Bi.Cu.2S. The molecule has 0 saturated carbocycles. The summed E-state index contributed by atoms with van der Waals surface area (Å²) in [5.74, 6) is 0. The molecule has 0 fully saturated rings. The predicted octanol–water partition coefficient (Wildman–Crippen LogP) is 0.913. The molecule has 0 aliphatic heterocycles. The van der Waals surface area contributed by atoms with Gasteiger partial charge in [-0.25, -0.2) is 0 Å². The number of hydrogen-bond acceptors (Lipinski definition) is 2. The molecular weight excluding hydrogens is 337 g/mol. The van der Waals surface area contributed by atoms with Crippen LogP contribution in [0.15, 0.2) is 0 Å². The third kappa shape index (κ3) is 9.15. The van der Waals surface area contributed by atoms with E-state index in [4.69, 9.17) is 0 Å². The van der Waals surface area contributed by atoms with Crippen LogP contribution in [-0.2, 0) is 17.1 Å². The molecule has 0 aromatic rings. The van der Waals surface area contributed by atoms with Gasteiger partial charge in [0.1, 0.15) is 0 Å². The Morgan fingerprint density at radius 2 is 1.25 bits per heavy atom. The maximum atomic E-state index is 4.39. The zero-order chi connectivity index (χ0) is 2.71. The summed E-state index contributed by atoms with van der Waals surface area (Å²) in [6.45, 7) is 0. The Balaban J connectivity index is 0. The molecule has 0 rings (SSSR count). The molecule has 0 aromatic carbocycles. The van der Waals surface area contributed by atoms with Gasteiger partial charge in [0.25, 0.3) is 0 Å². The van der Waals surface area contributed by atoms with Crippen molar-refractivity contribution in [1.29, 1.82) is 0 Å². The first-order valence-electron chi connectivity index (χ1n) is 0.365. The predicted molar refractivity (Wildman–Crippen MR) is 20.9 cm³/mol. The van der Waals surface area contributed by atoms with Crippen molar-refractivity contribution in [1.82, 2.24) is 0 Å². The van der Waals surface area contributed by atoms with Crippen molar-refractivity contribution in [2.24, 2.45) is 0 Å². The van der Waals surface area contributed by atoms with Gasteiger partial charge < -0.3 is 0 Å². The molecule has 0 spiro atoms. The van der Waals surface area contributed by atoms with Gasteiger partial charge >= 0.3 is 36.9 Å². The monoisotopic (exact) mass is 336 g/mol. The van der Waals surface area contributed by atoms with E-state index in [1.54, 1.807) is 0 Å². The van der Waals surface area contributed by atoms with Crippen molar-refractivity contribution < 1.29 is 17.1 Å². The van der Waals surface area contributed by atoms with E-state index in [1.807, 2.05) is 0 Å². The molecule has 2 radical (unpaired) electrons. The van der Waals surface area contributed by atoms with Crippen molar-refractivity contribution in [2.75, 3.05) is 0 Å². The van der Waals surface area contributed by atoms with E-state index in [2.05, 4.69) is 17.7 Å². The van der Waals surface area contributed by atoms with Crippen LogP contribution in [0.5, 0.6) is 0 Å². The van der Waals surface area contributed by atoms with Crippen molar-refractivity contribution in [3.63, 3.8) is 0 Å². The fraction of sp³-hybridized carbons (Fsp3) is 0. The Labute approximate surface area is 53.3 Å². The summed E-state index contributed by atoms with van der Waals surface area (Å²) < 4.78 is 0. The molecule has 0 amide bonds. The van der Waals surface area contributed by atoms with Gasteiger partial charge in [-0.3, -0.25) is 0 Å². The molecule has 4 heavy (non-hydrogen) atoms. The summed E-state index contributed by atoms with van der Waals surface area (Å²) in [7, 11) is 8.78. The van der Waals surface area contributed by atoms with Crippen LogP contribution in [0.3, 0.4) is 0 Å². The van der Waals surface area contributed by atoms with Gasteiger partial charge in [0.05, 0.1) is 0 Å². The van der Waals surface area contributed by atoms with Crippen molar-refractivity contribution in [2.45, 2.75) is 0 Å². The van der Waals surface area contributed by atoms with Crippen molar-refractivity contribution in [3.8, 4) is 0 Å². The first kappa shape index (κ1) is 9.28. The van der Waals surface area contributed by atoms with Crippen LogP contribution in [0.4, 0.5) is 0 Å². The molecular formula is BiCuS2. The van der Waals surface area contributed by atoms with Gasteiger partial charge in [0.2, 0.25) is 0 Å². The molecule has 0 aliphatic carbocycles. The summed E-state index contributed by atoms with van der Waals surface area (Å²) in [5, 5.41) is 0. The third-order valence-corrected chi connectivity index (χ3v) is 0. The summed E-state index contributed by atoms with van der Waals surface area (Å²) in [5.41, 5.74) is 0. The number of rotatable bonds is 0. The molecule has 0 N–H and O–H groups in total. The van der Waals surface area contributed by atoms with E-state index < -0.39 is 19.2 Å². The zero-order valence-corrected chi connectivity index (χ0v) is 7.62. The summed E-state index contributed by atoms with van der Waals surface area (Å²) >= 11 is -0.667. The topological polar surface area (TPSA) is 0 Å². The van der Waals surface area contributed by atoms with E-state index in [0.29, 0.717) is 0 Å². The van der Waals surface area contributed by atoms with Crippen LogP contribution in [0, 0.1) is 0 Å². The van der Waals surface area contributed by atoms with Crippen LogP contribution in [0.25, 0.3) is 0 Å². The molecule has 0 saturated heterocycles. The van der Waals surface area contributed by atoms with E-state index in [1.165, 1.54) is 0 Å². The summed E-state index contributed by atoms with van der Waals surface area (Å²) in [4.78, 5) is 0. The van der Waals surface area contributed by atoms with Gasteiger partial charge in [-0.05, 0) is 0 Å². The van der Waals surface area contributed by atoms with Crippen LogP contribution in [0.1, 0.15) is 0 Å². The van der Waals surface area contributed by atoms with E-state index >= 15 is 0 Å². The second-order valence-electron chi connectivity index (χ2n) is 0.0745. The second-order valence-corrected chi connectivity index (χ2v) is 5.89. The Kier molecular flexibility index (Phi) is 20.5. The molecule has 0 unspecified atom stereocenters. The van der Waals surface area contributed by atoms with Gasteiger partial charge in [0, 0.05) is 17.1 Å². The normalized spacial score (nSPS) is 2.00. The van der Waals surface area contributed by atoms with Crippen molar-refractivity contribution in [3.05, 3.63) is 0 Å². The first-order chi connectivity index (χ1) is 1.41. The fourth-order valence-corrected chi connectivity index (χ4v) is 0. The summed E-state index contributed by atoms with van der Waals surface area (Å²) in [6, 6.07) is 0. The van der Waals surface area contributed by atoms with Crippen LogP contribution < -0.4 is 0 Å². The first-order valence-corrected chi connectivity index (χ1v) is 9.61. The fourth-order valence-electron chi connectivity index (χ4n) is 0. The van der Waals surface area contributed by atoms with Gasteiger partial charge in [-0.2, -0.15) is 0 Å². The Bertz CT molecular complexity index is 27.0. The van der Waals surface area contributed by atoms with E-state index in [0.717, 1.165) is 0 Å². The zero-order valence-electron chi connectivity index (χ0n) is 1.57. The minimum atomic E-state index is -0.667. The summed E-state index contributed by atoms with van der Waals surface area (Å²) in [6.07, 6.45) is 0. The molecule has 0 bridgehead atoms. The second kappa shape index (κ2) is 8.85. The van der Waals surface area contributed by atoms with E-state index in [-0.39, 0.29) is 17.1 Å². The average Bonchev–Trinajstić information content (AvgIpc) is 0.918. The average molecular weight is 337 g/mol. The Morgan fingerprint density at radius 3 is 1.25 bits per heavy atom. The molecule has 28 valence electrons. The van der Waals surface area contributed by atoms with Gasteiger partial charge in [-0.15, -0.1) is 0 Å². The molecule has 0 heterocycles. The van der Waals surface area contributed by atoms with Gasteiger partial charge in [-0.1, -0.05) is 0 Å². The van der Waals surface area contributed by atoms with Gasteiger partial charge in [0.15, 0.2) is 0 Å². The molecule has 0 aliphatic rings. The SMILES string of the molecule is [Cu].[S]=[Bi]=[S]. The third-order valence-electron chi connectivity index (χ3n) is 0. The maximum absolute atomic E-state index is 4.39.